The van der Waals surface area contributed by atoms with E-state index >= 15 is 0 Å². The number of benzene rings is 1. The zero-order chi connectivity index (χ0) is 14.3. The van der Waals surface area contributed by atoms with E-state index in [9.17, 15) is 9.59 Å². The molecule has 0 aliphatic carbocycles. The van der Waals surface area contributed by atoms with Crippen LogP contribution in [-0.4, -0.2) is 30.1 Å². The van der Waals surface area contributed by atoms with E-state index in [1.165, 1.54) is 0 Å². The van der Waals surface area contributed by atoms with Gasteiger partial charge in [-0.3, -0.25) is 9.59 Å². The number of hydrogen-bond donors (Lipinski definition) is 2. The van der Waals surface area contributed by atoms with Gasteiger partial charge in [0, 0.05) is 11.6 Å². The first-order valence-corrected chi connectivity index (χ1v) is 6.72. The number of carbonyl (C=O) groups excluding carboxylic acids is 1. The average Bonchev–Trinajstić information content (AvgIpc) is 2.31. The molecule has 0 saturated carbocycles. The molecule has 0 bridgehead atoms. The van der Waals surface area contributed by atoms with Gasteiger partial charge in [-0.1, -0.05) is 11.6 Å². The topological polar surface area (TPSA) is 75.6 Å². The minimum Gasteiger partial charge on any atom is -0.492 e. The molecule has 0 aliphatic rings. The van der Waals surface area contributed by atoms with Crippen molar-refractivity contribution in [3.8, 4) is 5.75 Å². The number of ether oxygens (including phenoxy) is 1. The van der Waals surface area contributed by atoms with Crippen LogP contribution in [0.4, 0.5) is 0 Å². The lowest BCUT2D eigenvalue weighted by atomic mass is 10.3. The van der Waals surface area contributed by atoms with Crippen LogP contribution in [0.25, 0.3) is 0 Å². The Hall–Kier alpha value is -1.27. The fourth-order valence-corrected chi connectivity index (χ4v) is 2.04. The second-order valence-corrected chi connectivity index (χ2v) is 4.96. The summed E-state index contributed by atoms with van der Waals surface area (Å²) in [6.07, 6.45) is 0.0734. The number of rotatable bonds is 7. The predicted octanol–water partition coefficient (Wildman–Crippen LogP) is 2.46. The number of halogens is 2. The van der Waals surface area contributed by atoms with Crippen molar-refractivity contribution < 1.29 is 19.4 Å². The van der Waals surface area contributed by atoms with Crippen molar-refractivity contribution in [1.29, 1.82) is 0 Å². The minimum atomic E-state index is -0.943. The summed E-state index contributed by atoms with van der Waals surface area (Å²) in [5.41, 5.74) is 0. The fourth-order valence-electron chi connectivity index (χ4n) is 1.24. The highest BCUT2D eigenvalue weighted by atomic mass is 79.9. The Bertz CT molecular complexity index is 467. The van der Waals surface area contributed by atoms with E-state index in [-0.39, 0.29) is 31.9 Å². The van der Waals surface area contributed by atoms with Crippen molar-refractivity contribution in [3.05, 3.63) is 27.7 Å². The highest BCUT2D eigenvalue weighted by Gasteiger charge is 2.05. The van der Waals surface area contributed by atoms with Crippen molar-refractivity contribution in [2.45, 2.75) is 12.8 Å². The molecule has 7 heteroatoms. The van der Waals surface area contributed by atoms with Gasteiger partial charge in [-0.2, -0.15) is 0 Å². The number of hydrogen-bond acceptors (Lipinski definition) is 3. The molecule has 0 heterocycles. The van der Waals surface area contributed by atoms with E-state index in [1.54, 1.807) is 18.2 Å². The van der Waals surface area contributed by atoms with Gasteiger partial charge in [-0.05, 0) is 34.1 Å². The molecule has 0 atom stereocenters. The maximum atomic E-state index is 11.3. The molecule has 1 amide bonds. The Labute approximate surface area is 124 Å². The summed E-state index contributed by atoms with van der Waals surface area (Å²) in [6, 6.07) is 5.09. The normalized spacial score (nSPS) is 10.0. The smallest absolute Gasteiger partial charge is 0.305 e. The Kier molecular flexibility index (Phi) is 6.66. The molecular weight excluding hydrogens is 337 g/mol. The van der Waals surface area contributed by atoms with E-state index in [4.69, 9.17) is 21.4 Å². The quantitative estimate of drug-likeness (QED) is 0.792. The fraction of sp³-hybridized carbons (Fsp3) is 0.333. The van der Waals surface area contributed by atoms with Crippen molar-refractivity contribution >= 4 is 39.4 Å². The van der Waals surface area contributed by atoms with Crippen LogP contribution < -0.4 is 10.1 Å². The van der Waals surface area contributed by atoms with Crippen LogP contribution in [0.3, 0.4) is 0 Å². The number of amides is 1. The van der Waals surface area contributed by atoms with Crippen LogP contribution in [-0.2, 0) is 9.59 Å². The third kappa shape index (κ3) is 6.45. The van der Waals surface area contributed by atoms with Crippen LogP contribution >= 0.6 is 27.5 Å². The summed E-state index contributed by atoms with van der Waals surface area (Å²) >= 11 is 9.08. The molecule has 0 saturated heterocycles. The highest BCUT2D eigenvalue weighted by molar-refractivity contribution is 9.10. The van der Waals surface area contributed by atoms with Gasteiger partial charge in [-0.15, -0.1) is 0 Å². The Morgan fingerprint density at radius 2 is 2.11 bits per heavy atom. The molecule has 1 rings (SSSR count). The Morgan fingerprint density at radius 1 is 1.37 bits per heavy atom. The van der Waals surface area contributed by atoms with E-state index in [2.05, 4.69) is 21.2 Å². The first-order valence-electron chi connectivity index (χ1n) is 5.55. The molecule has 0 unspecified atom stereocenters. The number of carbonyl (C=O) groups is 2. The molecule has 0 aromatic heterocycles. The molecule has 0 spiro atoms. The molecular formula is C12H13BrClNO4. The van der Waals surface area contributed by atoms with Gasteiger partial charge in [0.25, 0.3) is 0 Å². The molecule has 5 nitrogen and oxygen atoms in total. The SMILES string of the molecule is O=C(O)CCNC(=O)CCOc1ccc(Cl)cc1Br. The van der Waals surface area contributed by atoms with Crippen LogP contribution in [0.1, 0.15) is 12.8 Å². The maximum absolute atomic E-state index is 11.3. The monoisotopic (exact) mass is 349 g/mol. The third-order valence-corrected chi connectivity index (χ3v) is 3.00. The molecule has 0 radical (unpaired) electrons. The van der Waals surface area contributed by atoms with Crippen LogP contribution in [0.5, 0.6) is 5.75 Å². The molecule has 0 fully saturated rings. The molecule has 104 valence electrons. The van der Waals surface area contributed by atoms with Gasteiger partial charge < -0.3 is 15.2 Å². The van der Waals surface area contributed by atoms with Gasteiger partial charge in [0.05, 0.1) is 23.9 Å². The van der Waals surface area contributed by atoms with Crippen molar-refractivity contribution in [3.63, 3.8) is 0 Å². The predicted molar refractivity (Wildman–Crippen MR) is 74.5 cm³/mol. The maximum Gasteiger partial charge on any atom is 0.305 e. The summed E-state index contributed by atoms with van der Waals surface area (Å²) in [5, 5.41) is 11.5. The van der Waals surface area contributed by atoms with E-state index in [0.29, 0.717) is 15.2 Å². The van der Waals surface area contributed by atoms with Gasteiger partial charge in [0.2, 0.25) is 5.91 Å². The summed E-state index contributed by atoms with van der Waals surface area (Å²) in [6.45, 7) is 0.331. The van der Waals surface area contributed by atoms with Crippen molar-refractivity contribution in [2.24, 2.45) is 0 Å². The lowest BCUT2D eigenvalue weighted by Crippen LogP contribution is -2.27. The van der Waals surface area contributed by atoms with E-state index in [0.717, 1.165) is 0 Å². The number of carboxylic acids is 1. The van der Waals surface area contributed by atoms with Gasteiger partial charge in [0.15, 0.2) is 0 Å². The Morgan fingerprint density at radius 3 is 2.74 bits per heavy atom. The summed E-state index contributed by atoms with van der Waals surface area (Å²) < 4.78 is 6.12. The molecule has 0 aliphatic heterocycles. The molecule has 1 aromatic rings. The number of aliphatic carboxylic acids is 1. The van der Waals surface area contributed by atoms with Crippen molar-refractivity contribution in [1.82, 2.24) is 5.32 Å². The largest absolute Gasteiger partial charge is 0.492 e. The van der Waals surface area contributed by atoms with Crippen LogP contribution in [0.15, 0.2) is 22.7 Å². The minimum absolute atomic E-state index is 0.0880. The van der Waals surface area contributed by atoms with Gasteiger partial charge in [-0.25, -0.2) is 0 Å². The standard InChI is InChI=1S/C12H13BrClNO4/c13-9-7-8(14)1-2-10(9)19-6-4-11(16)15-5-3-12(17)18/h1-2,7H,3-6H2,(H,15,16)(H,17,18). The van der Waals surface area contributed by atoms with Crippen molar-refractivity contribution in [2.75, 3.05) is 13.2 Å². The molecule has 1 aromatic carbocycles. The molecule has 2 N–H and O–H groups in total. The summed E-state index contributed by atoms with van der Waals surface area (Å²) in [4.78, 5) is 21.6. The number of nitrogens with one attached hydrogen (secondary N) is 1. The highest BCUT2D eigenvalue weighted by Crippen LogP contribution is 2.27. The lowest BCUT2D eigenvalue weighted by Gasteiger charge is -2.08. The zero-order valence-corrected chi connectivity index (χ0v) is 12.3. The van der Waals surface area contributed by atoms with Crippen LogP contribution in [0, 0.1) is 0 Å². The second-order valence-electron chi connectivity index (χ2n) is 3.67. The van der Waals surface area contributed by atoms with E-state index < -0.39 is 5.97 Å². The first-order chi connectivity index (χ1) is 8.99. The van der Waals surface area contributed by atoms with Gasteiger partial charge >= 0.3 is 5.97 Å². The first kappa shape index (κ1) is 15.8. The Balaban J connectivity index is 2.26. The summed E-state index contributed by atoms with van der Waals surface area (Å²) in [5.74, 6) is -0.587. The average molecular weight is 351 g/mol. The van der Waals surface area contributed by atoms with Gasteiger partial charge in [0.1, 0.15) is 5.75 Å². The summed E-state index contributed by atoms with van der Waals surface area (Å²) in [7, 11) is 0. The second kappa shape index (κ2) is 8.01. The number of carboxylic acid groups (broad SMARTS) is 1. The van der Waals surface area contributed by atoms with Crippen LogP contribution in [0.2, 0.25) is 5.02 Å². The molecule has 19 heavy (non-hydrogen) atoms. The zero-order valence-electron chi connectivity index (χ0n) is 9.99. The third-order valence-electron chi connectivity index (χ3n) is 2.14. The lowest BCUT2D eigenvalue weighted by molar-refractivity contribution is -0.136. The van der Waals surface area contributed by atoms with E-state index in [1.807, 2.05) is 0 Å².